The van der Waals surface area contributed by atoms with E-state index in [2.05, 4.69) is 67.9 Å². The Bertz CT molecular complexity index is 2790. The maximum atomic E-state index is 11.0. The molecule has 7 rings (SSSR count). The summed E-state index contributed by atoms with van der Waals surface area (Å²) in [6.07, 6.45) is -4.20. The Morgan fingerprint density at radius 1 is 0.452 bits per heavy atom. The van der Waals surface area contributed by atoms with Crippen LogP contribution in [0, 0.1) is 0 Å². The molecule has 5 unspecified atom stereocenters. The number of aliphatic hydroxyl groups is 4. The summed E-state index contributed by atoms with van der Waals surface area (Å²) in [4.78, 5) is 2.67. The number of aliphatic hydroxyl groups excluding tert-OH is 4. The number of hydrogen-bond acceptors (Lipinski definition) is 19. The molecule has 19 heteroatoms. The van der Waals surface area contributed by atoms with Crippen molar-refractivity contribution >= 4 is 91.7 Å². The van der Waals surface area contributed by atoms with Crippen LogP contribution in [0.3, 0.4) is 0 Å². The van der Waals surface area contributed by atoms with Crippen molar-refractivity contribution in [2.75, 3.05) is 78.8 Å². The summed E-state index contributed by atoms with van der Waals surface area (Å²) in [5.41, 5.74) is 7.72. The molecule has 0 heterocycles. The lowest BCUT2D eigenvalue weighted by Gasteiger charge is -2.22. The largest absolute Gasteiger partial charge is 0.491 e. The van der Waals surface area contributed by atoms with Crippen LogP contribution in [0.15, 0.2) is 172 Å². The van der Waals surface area contributed by atoms with Crippen LogP contribution in [0.1, 0.15) is 22.6 Å². The molecule has 0 saturated carbocycles. The molecule has 0 bridgehead atoms. The quantitative estimate of drug-likeness (QED) is 0.00960. The van der Waals surface area contributed by atoms with Gasteiger partial charge in [0.15, 0.2) is 0 Å². The summed E-state index contributed by atoms with van der Waals surface area (Å²) in [5, 5.41) is 62.3. The van der Waals surface area contributed by atoms with Gasteiger partial charge in [-0.25, -0.2) is 0 Å². The van der Waals surface area contributed by atoms with E-state index in [1.54, 1.807) is 0 Å². The average Bonchev–Trinajstić information content (AvgIpc) is 3.42. The molecule has 7 aromatic rings. The summed E-state index contributed by atoms with van der Waals surface area (Å²) < 4.78 is 23.4. The van der Waals surface area contributed by atoms with E-state index in [1.165, 1.54) is 21.6 Å². The van der Waals surface area contributed by atoms with Crippen LogP contribution >= 0.6 is 57.5 Å². The Kier molecular flexibility index (Phi) is 21.0. The highest BCUT2D eigenvalue weighted by Gasteiger charge is 2.20. The van der Waals surface area contributed by atoms with Gasteiger partial charge >= 0.3 is 0 Å². The van der Waals surface area contributed by atoms with Crippen LogP contribution < -0.4 is 50.8 Å². The number of hydrogen-bond donors (Lipinski definition) is 13. The van der Waals surface area contributed by atoms with Crippen LogP contribution in [0.5, 0.6) is 23.0 Å². The molecule has 0 radical (unpaired) electrons. The fourth-order valence-corrected chi connectivity index (χ4v) is 9.57. The van der Waals surface area contributed by atoms with Crippen molar-refractivity contribution in [2.24, 2.45) is 0 Å². The highest BCUT2D eigenvalue weighted by molar-refractivity contribution is 8.69. The topological polar surface area (TPSA) is 190 Å². The van der Waals surface area contributed by atoms with Gasteiger partial charge in [0.1, 0.15) is 35.7 Å². The first-order valence-electron chi connectivity index (χ1n) is 23.3. The van der Waals surface area contributed by atoms with Gasteiger partial charge in [-0.3, -0.25) is 0 Å². The summed E-state index contributed by atoms with van der Waals surface area (Å²) in [5.74, 6) is 1.86. The van der Waals surface area contributed by atoms with E-state index in [0.717, 1.165) is 65.5 Å². The third-order valence-electron chi connectivity index (χ3n) is 11.3. The zero-order valence-corrected chi connectivity index (χ0v) is 44.3. The zero-order valence-electron chi connectivity index (χ0n) is 40.0. The van der Waals surface area contributed by atoms with Crippen LogP contribution in [-0.4, -0.2) is 92.3 Å². The third-order valence-corrected chi connectivity index (χ3v) is 14.0. The Morgan fingerprint density at radius 2 is 0.863 bits per heavy atom. The zero-order chi connectivity index (χ0) is 51.5. The van der Waals surface area contributed by atoms with E-state index < -0.39 is 25.0 Å². The normalized spacial score (nSPS) is 13.1. The van der Waals surface area contributed by atoms with Gasteiger partial charge in [-0.05, 0) is 120 Å². The second kappa shape index (κ2) is 28.0. The maximum Gasteiger partial charge on any atom is 0.214 e. The molecule has 0 fully saturated rings. The monoisotopic (exact) mass is 1080 g/mol. The van der Waals surface area contributed by atoms with Crippen molar-refractivity contribution < 1.29 is 39.4 Å². The first-order valence-corrected chi connectivity index (χ1v) is 27.4. The molecule has 0 aliphatic heterocycles. The third kappa shape index (κ3) is 16.6. The molecule has 0 aliphatic rings. The van der Waals surface area contributed by atoms with Crippen molar-refractivity contribution in [2.45, 2.75) is 45.6 Å². The molecular weight excluding hydrogens is 1020 g/mol. The van der Waals surface area contributed by atoms with Crippen molar-refractivity contribution in [3.8, 4) is 23.0 Å². The Labute approximate surface area is 450 Å². The lowest BCUT2D eigenvalue weighted by molar-refractivity contribution is -0.00568. The Hall–Kier alpha value is -5.87. The van der Waals surface area contributed by atoms with Gasteiger partial charge in [0.05, 0.1) is 31.0 Å². The van der Waals surface area contributed by atoms with Gasteiger partial charge in [-0.15, -0.1) is 36.0 Å². The molecule has 10 N–H and O–H groups in total. The standard InChI is InChI=1S/C54H60N6O8S5/c1-55-45-26-37(14-23-48(45)69)57-30-51(62)66-42-17-8-34(9-18-42)54(35-10-19-43(20-11-35)67-52(63)31-58-38-15-24-49(72-70)46(27-38)56-2)36-12-21-44(22-13-36)68-53(64)32-59-39-16-25-50(73-71)47(28-39)60-29-40(61)33-65-41-6-4-3-5-7-41/h3-28,40,51-64,69-71H,29-33H2,1-2H3. The number of rotatable bonds is 28. The molecule has 73 heavy (non-hydrogen) atoms. The molecule has 14 nitrogen and oxygen atoms in total. The second-order valence-electron chi connectivity index (χ2n) is 16.5. The van der Waals surface area contributed by atoms with Crippen molar-refractivity contribution in [3.05, 3.63) is 174 Å². The van der Waals surface area contributed by atoms with Crippen LogP contribution in [0.4, 0.5) is 34.1 Å². The van der Waals surface area contributed by atoms with E-state index >= 15 is 0 Å². The lowest BCUT2D eigenvalue weighted by Crippen LogP contribution is -2.27. The number of anilines is 6. The molecule has 0 spiro atoms. The fraction of sp³-hybridized carbons (Fsp3) is 0.222. The van der Waals surface area contributed by atoms with Crippen LogP contribution in [0.25, 0.3) is 0 Å². The summed E-state index contributed by atoms with van der Waals surface area (Å²) >= 11 is 13.2. The summed E-state index contributed by atoms with van der Waals surface area (Å²) in [6, 6.07) is 49.1. The average molecular weight is 1080 g/mol. The van der Waals surface area contributed by atoms with Gasteiger partial charge in [0.2, 0.25) is 18.9 Å². The minimum Gasteiger partial charge on any atom is -0.491 e. The van der Waals surface area contributed by atoms with E-state index in [9.17, 15) is 20.4 Å². The smallest absolute Gasteiger partial charge is 0.214 e. The molecule has 5 atom stereocenters. The number of ether oxygens (including phenoxy) is 4. The van der Waals surface area contributed by atoms with Crippen molar-refractivity contribution in [3.63, 3.8) is 0 Å². The lowest BCUT2D eigenvalue weighted by atomic mass is 9.85. The molecule has 7 aromatic carbocycles. The first kappa shape index (κ1) is 54.9. The van der Waals surface area contributed by atoms with Gasteiger partial charge < -0.3 is 71.3 Å². The molecule has 0 saturated heterocycles. The molecule has 0 amide bonds. The molecule has 0 aromatic heterocycles. The predicted octanol–water partition coefficient (Wildman–Crippen LogP) is 10.4. The fourth-order valence-electron chi connectivity index (χ4n) is 7.62. The van der Waals surface area contributed by atoms with Crippen molar-refractivity contribution in [1.29, 1.82) is 0 Å². The number of benzene rings is 7. The highest BCUT2D eigenvalue weighted by atomic mass is 33.1. The number of nitrogens with one attached hydrogen (secondary N) is 6. The van der Waals surface area contributed by atoms with Crippen LogP contribution in [-0.2, 0) is 0 Å². The van der Waals surface area contributed by atoms with E-state index in [0.29, 0.717) is 23.0 Å². The predicted molar refractivity (Wildman–Crippen MR) is 307 cm³/mol. The molecule has 384 valence electrons. The maximum absolute atomic E-state index is 11.0. The van der Waals surface area contributed by atoms with Gasteiger partial charge in [0.25, 0.3) is 0 Å². The van der Waals surface area contributed by atoms with Crippen LogP contribution in [0.2, 0.25) is 0 Å². The van der Waals surface area contributed by atoms with Gasteiger partial charge in [-0.1, -0.05) is 76.2 Å². The minimum atomic E-state index is -1.19. The minimum absolute atomic E-state index is 0.0868. The molecular formula is C54H60N6O8S5. The van der Waals surface area contributed by atoms with E-state index in [4.69, 9.17) is 18.9 Å². The SMILES string of the molecule is CNc1cc(NCC(O)Oc2ccc(C(c3ccc(OC(O)CNc4ccc(SS)c(NC)c4)cc3)c3ccc(OC(O)CNc4ccc(SS)c(NCC(O)COc5ccccc5)c4)cc3)cc2)ccc1S. The first-order chi connectivity index (χ1) is 35.5. The number of para-hydroxylation sites is 1. The molecule has 0 aliphatic carbocycles. The summed E-state index contributed by atoms with van der Waals surface area (Å²) in [6.45, 7) is 0.768. The van der Waals surface area contributed by atoms with E-state index in [1.807, 2.05) is 172 Å². The Balaban J connectivity index is 0.992. The van der Waals surface area contributed by atoms with Crippen molar-refractivity contribution in [1.82, 2.24) is 0 Å². The Morgan fingerprint density at radius 3 is 1.30 bits per heavy atom. The highest BCUT2D eigenvalue weighted by Crippen LogP contribution is 2.36. The van der Waals surface area contributed by atoms with E-state index in [-0.39, 0.29) is 38.7 Å². The second-order valence-corrected chi connectivity index (χ2v) is 19.3. The van der Waals surface area contributed by atoms with Gasteiger partial charge in [0, 0.05) is 64.0 Å². The van der Waals surface area contributed by atoms with Gasteiger partial charge in [-0.2, -0.15) is 0 Å². The summed E-state index contributed by atoms with van der Waals surface area (Å²) in [7, 11) is 6.29. The number of thiol groups is 3.